The summed E-state index contributed by atoms with van der Waals surface area (Å²) in [5.74, 6) is 1.04. The van der Waals surface area contributed by atoms with Crippen molar-refractivity contribution in [1.29, 1.82) is 0 Å². The van der Waals surface area contributed by atoms with E-state index < -0.39 is 0 Å². The van der Waals surface area contributed by atoms with Crippen molar-refractivity contribution in [2.24, 2.45) is 7.05 Å². The fourth-order valence-electron chi connectivity index (χ4n) is 4.18. The van der Waals surface area contributed by atoms with E-state index in [4.69, 9.17) is 0 Å². The van der Waals surface area contributed by atoms with Gasteiger partial charge in [-0.15, -0.1) is 0 Å². The Hall–Kier alpha value is -4.04. The Morgan fingerprint density at radius 3 is 2.35 bits per heavy atom. The van der Waals surface area contributed by atoms with Crippen molar-refractivity contribution in [1.82, 2.24) is 24.6 Å². The maximum atomic E-state index is 12.9. The maximum Gasteiger partial charge on any atom is 0.275 e. The molecule has 8 nitrogen and oxygen atoms in total. The molecule has 0 radical (unpaired) electrons. The summed E-state index contributed by atoms with van der Waals surface area (Å²) in [6, 6.07) is 24.0. The molecule has 1 aliphatic heterocycles. The number of aryl methyl sites for hydroxylation is 1. The molecule has 8 heteroatoms. The zero-order valence-electron chi connectivity index (χ0n) is 19.1. The summed E-state index contributed by atoms with van der Waals surface area (Å²) < 4.78 is 1.59. The smallest absolute Gasteiger partial charge is 0.275 e. The van der Waals surface area contributed by atoms with E-state index in [2.05, 4.69) is 54.4 Å². The standard InChI is InChI=1S/C26H27N7O/c1-31-23(16-22(30-31)21-10-6-3-7-11-21)26(34)29-24-17-25(28-19-27-24)33-14-12-32(13-15-33)18-20-8-4-2-5-9-20/h2-11,16-17,19H,12-15,18H2,1H3,(H,27,28,29,34). The topological polar surface area (TPSA) is 79.2 Å². The lowest BCUT2D eigenvalue weighted by molar-refractivity contribution is 0.101. The van der Waals surface area contributed by atoms with Crippen LogP contribution in [0.3, 0.4) is 0 Å². The molecule has 1 fully saturated rings. The lowest BCUT2D eigenvalue weighted by Gasteiger charge is -2.35. The molecule has 0 atom stereocenters. The highest BCUT2D eigenvalue weighted by Gasteiger charge is 2.20. The first-order chi connectivity index (χ1) is 16.7. The van der Waals surface area contributed by atoms with Crippen LogP contribution in [0, 0.1) is 0 Å². The molecule has 34 heavy (non-hydrogen) atoms. The third-order valence-electron chi connectivity index (χ3n) is 6.02. The van der Waals surface area contributed by atoms with Crippen LogP contribution in [0.1, 0.15) is 16.1 Å². The number of hydrogen-bond donors (Lipinski definition) is 1. The Morgan fingerprint density at radius 1 is 0.912 bits per heavy atom. The SMILES string of the molecule is Cn1nc(-c2ccccc2)cc1C(=O)Nc1cc(N2CCN(Cc3ccccc3)CC2)ncn1. The monoisotopic (exact) mass is 453 g/mol. The Labute approximate surface area is 198 Å². The molecule has 0 bridgehead atoms. The lowest BCUT2D eigenvalue weighted by atomic mass is 10.1. The van der Waals surface area contributed by atoms with Crippen molar-refractivity contribution in [3.8, 4) is 11.3 Å². The number of rotatable bonds is 6. The Kier molecular flexibility index (Phi) is 6.31. The molecule has 5 rings (SSSR count). The predicted molar refractivity (Wildman–Crippen MR) is 133 cm³/mol. The van der Waals surface area contributed by atoms with E-state index in [9.17, 15) is 4.79 Å². The van der Waals surface area contributed by atoms with Gasteiger partial charge in [-0.1, -0.05) is 60.7 Å². The maximum absolute atomic E-state index is 12.9. The molecule has 1 saturated heterocycles. The molecule has 0 aliphatic carbocycles. The molecule has 172 valence electrons. The van der Waals surface area contributed by atoms with Gasteiger partial charge in [0.2, 0.25) is 0 Å². The molecule has 4 aromatic rings. The Bertz CT molecular complexity index is 1250. The number of amides is 1. The van der Waals surface area contributed by atoms with Gasteiger partial charge in [0.25, 0.3) is 5.91 Å². The number of hydrogen-bond acceptors (Lipinski definition) is 6. The summed E-state index contributed by atoms with van der Waals surface area (Å²) in [6.07, 6.45) is 1.50. The first-order valence-electron chi connectivity index (χ1n) is 11.4. The lowest BCUT2D eigenvalue weighted by Crippen LogP contribution is -2.46. The van der Waals surface area contributed by atoms with Gasteiger partial charge in [0.15, 0.2) is 0 Å². The number of nitrogens with one attached hydrogen (secondary N) is 1. The van der Waals surface area contributed by atoms with Gasteiger partial charge in [0, 0.05) is 51.4 Å². The predicted octanol–water partition coefficient (Wildman–Crippen LogP) is 3.45. The fourth-order valence-corrected chi connectivity index (χ4v) is 4.18. The van der Waals surface area contributed by atoms with Crippen LogP contribution < -0.4 is 10.2 Å². The number of piperazine rings is 1. The van der Waals surface area contributed by atoms with Crippen LogP contribution in [0.4, 0.5) is 11.6 Å². The van der Waals surface area contributed by atoms with E-state index in [1.54, 1.807) is 17.8 Å². The summed E-state index contributed by atoms with van der Waals surface area (Å²) in [5, 5.41) is 7.38. The molecule has 3 heterocycles. The molecule has 0 saturated carbocycles. The Balaban J connectivity index is 1.22. The van der Waals surface area contributed by atoms with Gasteiger partial charge in [0.1, 0.15) is 23.7 Å². The van der Waals surface area contributed by atoms with Gasteiger partial charge in [-0.3, -0.25) is 14.4 Å². The first-order valence-corrected chi connectivity index (χ1v) is 11.4. The van der Waals surface area contributed by atoms with Crippen molar-refractivity contribution in [3.05, 3.63) is 90.4 Å². The van der Waals surface area contributed by atoms with Crippen molar-refractivity contribution >= 4 is 17.5 Å². The van der Waals surface area contributed by atoms with Gasteiger partial charge in [-0.05, 0) is 11.6 Å². The third-order valence-corrected chi connectivity index (χ3v) is 6.02. The molecular formula is C26H27N7O. The number of aromatic nitrogens is 4. The minimum atomic E-state index is -0.255. The number of carbonyl (C=O) groups is 1. The van der Waals surface area contributed by atoms with Gasteiger partial charge >= 0.3 is 0 Å². The summed E-state index contributed by atoms with van der Waals surface area (Å²) in [7, 11) is 1.77. The van der Waals surface area contributed by atoms with Crippen LogP contribution in [0.15, 0.2) is 79.1 Å². The van der Waals surface area contributed by atoms with Gasteiger partial charge in [-0.2, -0.15) is 5.10 Å². The van der Waals surface area contributed by atoms with Gasteiger partial charge in [0.05, 0.1) is 5.69 Å². The summed E-state index contributed by atoms with van der Waals surface area (Å²) in [4.78, 5) is 26.3. The molecular weight excluding hydrogens is 426 g/mol. The largest absolute Gasteiger partial charge is 0.354 e. The second-order valence-corrected chi connectivity index (χ2v) is 8.37. The normalized spacial score (nSPS) is 14.2. The summed E-state index contributed by atoms with van der Waals surface area (Å²) in [5.41, 5.74) is 3.51. The zero-order chi connectivity index (χ0) is 23.3. The van der Waals surface area contributed by atoms with E-state index in [1.165, 1.54) is 11.9 Å². The molecule has 0 unspecified atom stereocenters. The van der Waals surface area contributed by atoms with Crippen LogP contribution in [-0.4, -0.2) is 56.7 Å². The van der Waals surface area contributed by atoms with Crippen molar-refractivity contribution < 1.29 is 4.79 Å². The van der Waals surface area contributed by atoms with Crippen LogP contribution in [0.2, 0.25) is 0 Å². The number of benzene rings is 2. The van der Waals surface area contributed by atoms with Crippen LogP contribution >= 0.6 is 0 Å². The van der Waals surface area contributed by atoms with Crippen molar-refractivity contribution in [3.63, 3.8) is 0 Å². The zero-order valence-corrected chi connectivity index (χ0v) is 19.1. The quantitative estimate of drug-likeness (QED) is 0.482. The molecule has 1 N–H and O–H groups in total. The molecule has 0 spiro atoms. The second kappa shape index (κ2) is 9.84. The highest BCUT2D eigenvalue weighted by molar-refractivity contribution is 6.03. The van der Waals surface area contributed by atoms with Gasteiger partial charge < -0.3 is 10.2 Å². The van der Waals surface area contributed by atoms with Crippen molar-refractivity contribution in [2.45, 2.75) is 6.54 Å². The van der Waals surface area contributed by atoms with Crippen LogP contribution in [0.25, 0.3) is 11.3 Å². The number of anilines is 2. The Morgan fingerprint density at radius 2 is 1.62 bits per heavy atom. The minimum Gasteiger partial charge on any atom is -0.354 e. The summed E-state index contributed by atoms with van der Waals surface area (Å²) >= 11 is 0. The fraction of sp³-hybridized carbons (Fsp3) is 0.231. The van der Waals surface area contributed by atoms with E-state index in [1.807, 2.05) is 42.5 Å². The van der Waals surface area contributed by atoms with Crippen LogP contribution in [-0.2, 0) is 13.6 Å². The highest BCUT2D eigenvalue weighted by atomic mass is 16.2. The number of nitrogens with zero attached hydrogens (tertiary/aromatic N) is 6. The molecule has 1 aliphatic rings. The summed E-state index contributed by atoms with van der Waals surface area (Å²) in [6.45, 7) is 4.62. The average Bonchev–Trinajstić information content (AvgIpc) is 3.28. The van der Waals surface area contributed by atoms with E-state index in [0.717, 1.165) is 49.8 Å². The molecule has 1 amide bonds. The van der Waals surface area contributed by atoms with E-state index in [-0.39, 0.29) is 5.91 Å². The minimum absolute atomic E-state index is 0.255. The van der Waals surface area contributed by atoms with E-state index in [0.29, 0.717) is 11.5 Å². The van der Waals surface area contributed by atoms with Crippen LogP contribution in [0.5, 0.6) is 0 Å². The van der Waals surface area contributed by atoms with E-state index >= 15 is 0 Å². The van der Waals surface area contributed by atoms with Gasteiger partial charge in [-0.25, -0.2) is 9.97 Å². The second-order valence-electron chi connectivity index (χ2n) is 8.37. The molecule has 2 aromatic carbocycles. The number of carbonyl (C=O) groups excluding carboxylic acids is 1. The first kappa shape index (κ1) is 21.8. The van der Waals surface area contributed by atoms with Crippen molar-refractivity contribution in [2.75, 3.05) is 36.4 Å². The highest BCUT2D eigenvalue weighted by Crippen LogP contribution is 2.20. The molecule has 2 aromatic heterocycles. The average molecular weight is 454 g/mol. The third kappa shape index (κ3) is 4.97.